The molecule has 4 aliphatic rings. The maximum absolute atomic E-state index is 14.6. The number of fused-ring (bicyclic) bond motifs is 2. The molecule has 0 spiro atoms. The minimum absolute atomic E-state index is 0.00716. The van der Waals surface area contributed by atoms with Crippen LogP contribution in [0.4, 0.5) is 5.69 Å². The van der Waals surface area contributed by atoms with E-state index in [4.69, 9.17) is 9.47 Å². The fourth-order valence-corrected chi connectivity index (χ4v) is 9.11. The number of phenolic OH excluding ortho intramolecular Hbond substituents is 1. The number of aromatic hydroxyl groups is 1. The van der Waals surface area contributed by atoms with Crippen LogP contribution in [-0.2, 0) is 29.9 Å². The lowest BCUT2D eigenvalue weighted by molar-refractivity contribution is -0.113. The van der Waals surface area contributed by atoms with Gasteiger partial charge < -0.3 is 29.5 Å². The summed E-state index contributed by atoms with van der Waals surface area (Å²) in [7, 11) is 0. The van der Waals surface area contributed by atoms with Crippen molar-refractivity contribution < 1.29 is 29.3 Å². The molecule has 2 saturated heterocycles. The van der Waals surface area contributed by atoms with Crippen molar-refractivity contribution in [3.63, 3.8) is 0 Å². The standard InChI is InChI=1S/C50H48N2O6/c1-49(2,31-11-7-5-8-12-31)33-15-17-35-37(27-33)39(51-19-23-57-24-20-51)29-41(53)43(35)45-47(55)46(48(45)56)44-36-18-16-34(50(3,4)32-13-9-6-10-14-32)28-38(36)40(30-42(44)54)52-21-25-58-26-22-52/h5-18,27-30,53,55H,19-26H2,1-4H3/b46-44+. The molecule has 8 nitrogen and oxygen atoms in total. The predicted molar refractivity (Wildman–Crippen MR) is 229 cm³/mol. The number of ketones is 2. The molecule has 2 aliphatic heterocycles. The maximum Gasteiger partial charge on any atom is 0.202 e. The van der Waals surface area contributed by atoms with Gasteiger partial charge in [-0.2, -0.15) is 0 Å². The number of Topliss-reactive ketones (excluding diaryl/α,β-unsaturated/α-hetero) is 1. The highest BCUT2D eigenvalue weighted by Crippen LogP contribution is 2.50. The van der Waals surface area contributed by atoms with Gasteiger partial charge in [0.15, 0.2) is 5.78 Å². The van der Waals surface area contributed by atoms with E-state index in [2.05, 4.69) is 73.9 Å². The molecule has 0 amide bonds. The summed E-state index contributed by atoms with van der Waals surface area (Å²) < 4.78 is 11.3. The Labute approximate surface area is 339 Å². The maximum atomic E-state index is 14.6. The number of ether oxygens (including phenoxy) is 2. The number of aliphatic hydroxyl groups excluding tert-OH is 1. The second-order valence-corrected chi connectivity index (χ2v) is 16.7. The second-order valence-electron chi connectivity index (χ2n) is 16.7. The molecule has 294 valence electrons. The van der Waals surface area contributed by atoms with E-state index in [9.17, 15) is 19.8 Å². The van der Waals surface area contributed by atoms with Crippen LogP contribution < -0.4 is 4.90 Å². The number of phenols is 1. The van der Waals surface area contributed by atoms with Crippen LogP contribution in [0.1, 0.15) is 66.6 Å². The number of rotatable bonds is 7. The number of nitrogens with zero attached hydrogens (tertiary/aromatic N) is 2. The minimum Gasteiger partial charge on any atom is -0.507 e. The van der Waals surface area contributed by atoms with E-state index in [-0.39, 0.29) is 50.4 Å². The Kier molecular flexibility index (Phi) is 9.37. The highest BCUT2D eigenvalue weighted by atomic mass is 16.5. The van der Waals surface area contributed by atoms with Crippen molar-refractivity contribution in [1.29, 1.82) is 0 Å². The summed E-state index contributed by atoms with van der Waals surface area (Å²) in [5, 5.41) is 25.4. The SMILES string of the molecule is CC(C)(c1ccccc1)c1ccc2c(c1)C(N1CCOCC1)=CC(=O)/C2=C1/C(=O)C(c2c(O)cc(N3CCOCC3)c3cc(C(C)(C)c4ccccc4)ccc23)=C1O. The Hall–Kier alpha value is -5.96. The quantitative estimate of drug-likeness (QED) is 0.159. The number of aliphatic hydroxyl groups is 1. The predicted octanol–water partition coefficient (Wildman–Crippen LogP) is 8.60. The Morgan fingerprint density at radius 3 is 1.69 bits per heavy atom. The van der Waals surface area contributed by atoms with Crippen LogP contribution in [0.3, 0.4) is 0 Å². The number of carbonyl (C=O) groups excluding carboxylic acids is 2. The third kappa shape index (κ3) is 6.14. The first kappa shape index (κ1) is 37.6. The molecule has 0 saturated carbocycles. The van der Waals surface area contributed by atoms with Crippen LogP contribution in [0.5, 0.6) is 5.75 Å². The highest BCUT2D eigenvalue weighted by molar-refractivity contribution is 6.48. The van der Waals surface area contributed by atoms with Crippen LogP contribution in [0.15, 0.2) is 121 Å². The number of morpholine rings is 2. The van der Waals surface area contributed by atoms with E-state index in [0.29, 0.717) is 63.6 Å². The van der Waals surface area contributed by atoms with Crippen LogP contribution in [0, 0.1) is 0 Å². The highest BCUT2D eigenvalue weighted by Gasteiger charge is 2.43. The summed E-state index contributed by atoms with van der Waals surface area (Å²) in [4.78, 5) is 33.2. The average Bonchev–Trinajstić information content (AvgIpc) is 3.26. The van der Waals surface area contributed by atoms with Gasteiger partial charge >= 0.3 is 0 Å². The molecule has 9 rings (SSSR count). The molecule has 5 aromatic carbocycles. The molecule has 5 aromatic rings. The van der Waals surface area contributed by atoms with Crippen LogP contribution in [-0.4, -0.2) is 79.3 Å². The zero-order valence-corrected chi connectivity index (χ0v) is 33.5. The van der Waals surface area contributed by atoms with Crippen molar-refractivity contribution in [2.75, 3.05) is 57.5 Å². The topological polar surface area (TPSA) is 99.5 Å². The molecule has 2 heterocycles. The first-order chi connectivity index (χ1) is 28.0. The number of anilines is 1. The number of hydrogen-bond acceptors (Lipinski definition) is 8. The van der Waals surface area contributed by atoms with Gasteiger partial charge in [0.25, 0.3) is 0 Å². The Morgan fingerprint density at radius 1 is 0.552 bits per heavy atom. The van der Waals surface area contributed by atoms with Crippen molar-refractivity contribution in [2.45, 2.75) is 38.5 Å². The molecular formula is C50H48N2O6. The summed E-state index contributed by atoms with van der Waals surface area (Å²) in [5.74, 6) is -1.23. The number of hydrogen-bond donors (Lipinski definition) is 2. The monoisotopic (exact) mass is 772 g/mol. The molecule has 0 radical (unpaired) electrons. The summed E-state index contributed by atoms with van der Waals surface area (Å²) in [6.07, 6.45) is 1.61. The van der Waals surface area contributed by atoms with Gasteiger partial charge in [0.05, 0.1) is 37.6 Å². The van der Waals surface area contributed by atoms with Crippen molar-refractivity contribution in [1.82, 2.24) is 4.90 Å². The second kappa shape index (κ2) is 14.5. The summed E-state index contributed by atoms with van der Waals surface area (Å²) in [6.45, 7) is 13.5. The van der Waals surface area contributed by atoms with Gasteiger partial charge in [0.2, 0.25) is 5.78 Å². The largest absolute Gasteiger partial charge is 0.507 e. The summed E-state index contributed by atoms with van der Waals surface area (Å²) >= 11 is 0. The Bertz CT molecular complexity index is 2570. The van der Waals surface area contributed by atoms with Gasteiger partial charge in [-0.25, -0.2) is 0 Å². The molecule has 2 aliphatic carbocycles. The van der Waals surface area contributed by atoms with Crippen LogP contribution in [0.25, 0.3) is 27.6 Å². The Balaban J connectivity index is 1.20. The van der Waals surface area contributed by atoms with E-state index in [1.165, 1.54) is 0 Å². The van der Waals surface area contributed by atoms with Gasteiger partial charge in [0.1, 0.15) is 11.5 Å². The lowest BCUT2D eigenvalue weighted by Gasteiger charge is -2.36. The zero-order valence-electron chi connectivity index (χ0n) is 33.5. The molecule has 0 atom stereocenters. The Morgan fingerprint density at radius 2 is 1.10 bits per heavy atom. The van der Waals surface area contributed by atoms with Gasteiger partial charge in [-0.1, -0.05) is 113 Å². The lowest BCUT2D eigenvalue weighted by Crippen LogP contribution is -2.37. The minimum atomic E-state index is -0.479. The molecule has 0 unspecified atom stereocenters. The van der Waals surface area contributed by atoms with Gasteiger partial charge in [-0.05, 0) is 45.3 Å². The van der Waals surface area contributed by atoms with E-state index in [1.807, 2.05) is 60.7 Å². The molecule has 2 fully saturated rings. The van der Waals surface area contributed by atoms with Gasteiger partial charge in [-0.3, -0.25) is 9.59 Å². The molecule has 0 bridgehead atoms. The normalized spacial score (nSPS) is 19.0. The molecule has 8 heteroatoms. The molecular weight excluding hydrogens is 725 g/mol. The fraction of sp³-hybridized carbons (Fsp3) is 0.280. The first-order valence-corrected chi connectivity index (χ1v) is 20.2. The summed E-state index contributed by atoms with van der Waals surface area (Å²) in [6, 6.07) is 34.5. The number of carbonyl (C=O) groups is 2. The first-order valence-electron chi connectivity index (χ1n) is 20.2. The lowest BCUT2D eigenvalue weighted by atomic mass is 9.72. The van der Waals surface area contributed by atoms with Crippen molar-refractivity contribution in [3.05, 3.63) is 159 Å². The zero-order chi connectivity index (χ0) is 40.3. The van der Waals surface area contributed by atoms with E-state index in [0.717, 1.165) is 44.6 Å². The number of benzene rings is 5. The fourth-order valence-electron chi connectivity index (χ4n) is 9.11. The van der Waals surface area contributed by atoms with Gasteiger partial charge in [-0.15, -0.1) is 0 Å². The molecule has 0 aromatic heterocycles. The molecule has 2 N–H and O–H groups in total. The van der Waals surface area contributed by atoms with E-state index < -0.39 is 5.78 Å². The number of allylic oxidation sites excluding steroid dienone is 4. The van der Waals surface area contributed by atoms with E-state index in [1.54, 1.807) is 12.1 Å². The third-order valence-electron chi connectivity index (χ3n) is 12.7. The molecule has 58 heavy (non-hydrogen) atoms. The van der Waals surface area contributed by atoms with Crippen molar-refractivity contribution in [2.24, 2.45) is 0 Å². The smallest absolute Gasteiger partial charge is 0.202 e. The van der Waals surface area contributed by atoms with Crippen molar-refractivity contribution in [3.8, 4) is 5.75 Å². The van der Waals surface area contributed by atoms with Crippen LogP contribution >= 0.6 is 0 Å². The third-order valence-corrected chi connectivity index (χ3v) is 12.7. The van der Waals surface area contributed by atoms with E-state index >= 15 is 0 Å². The van der Waals surface area contributed by atoms with Gasteiger partial charge in [0, 0.05) is 82.6 Å². The van der Waals surface area contributed by atoms with Crippen LogP contribution in [0.2, 0.25) is 0 Å². The summed E-state index contributed by atoms with van der Waals surface area (Å²) in [5.41, 5.74) is 7.19. The van der Waals surface area contributed by atoms with Crippen molar-refractivity contribution >= 4 is 44.9 Å². The average molecular weight is 773 g/mol.